The molecule has 8 heteroatoms. The minimum absolute atomic E-state index is 0.0536. The molecule has 1 amide bonds. The monoisotopic (exact) mass is 406 g/mol. The fraction of sp³-hybridized carbons (Fsp3) is 0.188. The van der Waals surface area contributed by atoms with Gasteiger partial charge in [-0.05, 0) is 46.3 Å². The number of nitrogens with one attached hydrogen (secondary N) is 1. The van der Waals surface area contributed by atoms with Crippen LogP contribution in [0.4, 0.5) is 10.8 Å². The number of halogens is 1. The van der Waals surface area contributed by atoms with Crippen molar-refractivity contribution in [3.8, 4) is 0 Å². The van der Waals surface area contributed by atoms with E-state index in [2.05, 4.69) is 31.2 Å². The van der Waals surface area contributed by atoms with E-state index in [1.165, 1.54) is 11.3 Å². The van der Waals surface area contributed by atoms with Crippen LogP contribution in [0, 0.1) is 0 Å². The summed E-state index contributed by atoms with van der Waals surface area (Å²) in [5.41, 5.74) is 2.00. The van der Waals surface area contributed by atoms with Crippen molar-refractivity contribution in [1.29, 1.82) is 0 Å². The molecule has 6 nitrogen and oxygen atoms in total. The molecule has 0 saturated carbocycles. The van der Waals surface area contributed by atoms with E-state index in [-0.39, 0.29) is 12.5 Å². The van der Waals surface area contributed by atoms with E-state index in [9.17, 15) is 4.79 Å². The molecule has 0 saturated heterocycles. The standard InChI is InChI=1S/C16H15BrN4O2S/c1-21(15(23)12-3-2-4-14(17)19-12)10-5-6-11-13(9-10)24-16(20-11)18-7-8-22/h2-6,9,22H,7-8H2,1H3,(H,18,20). The van der Waals surface area contributed by atoms with Gasteiger partial charge in [0, 0.05) is 19.3 Å². The molecule has 124 valence electrons. The average Bonchev–Trinajstić information content (AvgIpc) is 3.00. The Morgan fingerprint density at radius 1 is 1.33 bits per heavy atom. The highest BCUT2D eigenvalue weighted by Gasteiger charge is 2.16. The first-order valence-corrected chi connectivity index (χ1v) is 8.85. The number of thiazole rings is 1. The third-order valence-electron chi connectivity index (χ3n) is 3.39. The first kappa shape index (κ1) is 16.8. The summed E-state index contributed by atoms with van der Waals surface area (Å²) >= 11 is 4.76. The van der Waals surface area contributed by atoms with Crippen molar-refractivity contribution in [2.24, 2.45) is 0 Å². The van der Waals surface area contributed by atoms with Gasteiger partial charge in [-0.25, -0.2) is 9.97 Å². The number of aromatic nitrogens is 2. The molecule has 0 fully saturated rings. The van der Waals surface area contributed by atoms with E-state index >= 15 is 0 Å². The number of hydrogen-bond acceptors (Lipinski definition) is 6. The van der Waals surface area contributed by atoms with Crippen LogP contribution in [0.25, 0.3) is 10.2 Å². The molecular formula is C16H15BrN4O2S. The summed E-state index contributed by atoms with van der Waals surface area (Å²) in [5, 5.41) is 12.7. The van der Waals surface area contributed by atoms with Gasteiger partial charge in [-0.1, -0.05) is 17.4 Å². The molecule has 2 N–H and O–H groups in total. The molecule has 0 unspecified atom stereocenters. The van der Waals surface area contributed by atoms with Crippen molar-refractivity contribution in [3.63, 3.8) is 0 Å². The predicted molar refractivity (Wildman–Crippen MR) is 99.9 cm³/mol. The van der Waals surface area contributed by atoms with E-state index in [1.807, 2.05) is 18.2 Å². The van der Waals surface area contributed by atoms with Gasteiger partial charge in [0.25, 0.3) is 5.91 Å². The Hall–Kier alpha value is -2.03. The van der Waals surface area contributed by atoms with Crippen molar-refractivity contribution < 1.29 is 9.90 Å². The smallest absolute Gasteiger partial charge is 0.276 e. The zero-order chi connectivity index (χ0) is 17.1. The van der Waals surface area contributed by atoms with Crippen LogP contribution in [0.15, 0.2) is 41.0 Å². The zero-order valence-corrected chi connectivity index (χ0v) is 15.3. The van der Waals surface area contributed by atoms with Crippen LogP contribution in [0.3, 0.4) is 0 Å². The summed E-state index contributed by atoms with van der Waals surface area (Å²) in [6.45, 7) is 0.512. The summed E-state index contributed by atoms with van der Waals surface area (Å²) in [6.07, 6.45) is 0. The number of rotatable bonds is 5. The van der Waals surface area contributed by atoms with Gasteiger partial charge in [0.05, 0.1) is 16.8 Å². The minimum Gasteiger partial charge on any atom is -0.395 e. The maximum Gasteiger partial charge on any atom is 0.276 e. The van der Waals surface area contributed by atoms with Crippen molar-refractivity contribution in [2.75, 3.05) is 30.4 Å². The Morgan fingerprint density at radius 3 is 2.92 bits per heavy atom. The van der Waals surface area contributed by atoms with Crippen molar-refractivity contribution >= 4 is 54.2 Å². The van der Waals surface area contributed by atoms with E-state index in [4.69, 9.17) is 5.11 Å². The predicted octanol–water partition coefficient (Wildman–Crippen LogP) is 3.13. The lowest BCUT2D eigenvalue weighted by atomic mass is 10.2. The van der Waals surface area contributed by atoms with Crippen LogP contribution in [-0.2, 0) is 0 Å². The van der Waals surface area contributed by atoms with Gasteiger partial charge in [-0.15, -0.1) is 0 Å². The van der Waals surface area contributed by atoms with Crippen LogP contribution >= 0.6 is 27.3 Å². The quantitative estimate of drug-likeness (QED) is 0.636. The van der Waals surface area contributed by atoms with E-state index in [1.54, 1.807) is 30.1 Å². The Kier molecular flexibility index (Phi) is 5.08. The van der Waals surface area contributed by atoms with E-state index in [0.717, 1.165) is 21.0 Å². The third-order valence-corrected chi connectivity index (χ3v) is 4.80. The second-order valence-electron chi connectivity index (χ2n) is 5.03. The highest BCUT2D eigenvalue weighted by atomic mass is 79.9. The normalized spacial score (nSPS) is 10.8. The molecule has 0 aliphatic rings. The van der Waals surface area contributed by atoms with Crippen LogP contribution in [0.2, 0.25) is 0 Å². The van der Waals surface area contributed by atoms with E-state index < -0.39 is 0 Å². The summed E-state index contributed by atoms with van der Waals surface area (Å²) in [6, 6.07) is 10.9. The third kappa shape index (κ3) is 3.55. The maximum absolute atomic E-state index is 12.6. The topological polar surface area (TPSA) is 78.4 Å². The van der Waals surface area contributed by atoms with Gasteiger partial charge in [-0.2, -0.15) is 0 Å². The van der Waals surface area contributed by atoms with Crippen LogP contribution in [0.1, 0.15) is 10.5 Å². The lowest BCUT2D eigenvalue weighted by Gasteiger charge is -2.16. The molecule has 2 aromatic heterocycles. The molecule has 0 radical (unpaired) electrons. The summed E-state index contributed by atoms with van der Waals surface area (Å²) < 4.78 is 1.59. The second-order valence-corrected chi connectivity index (χ2v) is 6.87. The van der Waals surface area contributed by atoms with Crippen molar-refractivity contribution in [1.82, 2.24) is 9.97 Å². The highest BCUT2D eigenvalue weighted by Crippen LogP contribution is 2.29. The van der Waals surface area contributed by atoms with Gasteiger partial charge in [0.1, 0.15) is 10.3 Å². The molecule has 3 aromatic rings. The number of amides is 1. The molecule has 0 atom stereocenters. The highest BCUT2D eigenvalue weighted by molar-refractivity contribution is 9.10. The van der Waals surface area contributed by atoms with Crippen molar-refractivity contribution in [3.05, 3.63) is 46.7 Å². The fourth-order valence-corrected chi connectivity index (χ4v) is 3.44. The van der Waals surface area contributed by atoms with Crippen molar-refractivity contribution in [2.45, 2.75) is 0 Å². The number of pyridine rings is 1. The number of carbonyl (C=O) groups excluding carboxylic acids is 1. The molecule has 1 aromatic carbocycles. The van der Waals surface area contributed by atoms with Gasteiger partial charge in [-0.3, -0.25) is 4.79 Å². The fourth-order valence-electron chi connectivity index (χ4n) is 2.18. The number of hydrogen-bond donors (Lipinski definition) is 2. The lowest BCUT2D eigenvalue weighted by Crippen LogP contribution is -2.27. The molecule has 0 aliphatic carbocycles. The molecule has 0 spiro atoms. The molecule has 2 heterocycles. The molecular weight excluding hydrogens is 392 g/mol. The number of nitrogens with zero attached hydrogens (tertiary/aromatic N) is 3. The average molecular weight is 407 g/mol. The Morgan fingerprint density at radius 2 is 2.17 bits per heavy atom. The van der Waals surface area contributed by atoms with Crippen LogP contribution < -0.4 is 10.2 Å². The van der Waals surface area contributed by atoms with Gasteiger partial charge >= 0.3 is 0 Å². The zero-order valence-electron chi connectivity index (χ0n) is 12.9. The number of carbonyl (C=O) groups is 1. The number of fused-ring (bicyclic) bond motifs is 1. The van der Waals surface area contributed by atoms with Gasteiger partial charge in [0.15, 0.2) is 5.13 Å². The molecule has 0 bridgehead atoms. The summed E-state index contributed by atoms with van der Waals surface area (Å²) in [5.74, 6) is -0.182. The Balaban J connectivity index is 1.86. The van der Waals surface area contributed by atoms with Gasteiger partial charge in [0.2, 0.25) is 0 Å². The van der Waals surface area contributed by atoms with Gasteiger partial charge < -0.3 is 15.3 Å². The molecule has 24 heavy (non-hydrogen) atoms. The number of anilines is 2. The number of aliphatic hydroxyl groups is 1. The second kappa shape index (κ2) is 7.25. The summed E-state index contributed by atoms with van der Waals surface area (Å²) in [4.78, 5) is 22.8. The van der Waals surface area contributed by atoms with E-state index in [0.29, 0.717) is 16.8 Å². The minimum atomic E-state index is -0.182. The Bertz CT molecular complexity index is 883. The molecule has 0 aliphatic heterocycles. The first-order valence-electron chi connectivity index (χ1n) is 7.24. The van der Waals surface area contributed by atoms with Crippen LogP contribution in [-0.4, -0.2) is 41.2 Å². The largest absolute Gasteiger partial charge is 0.395 e. The Labute approximate surface area is 151 Å². The number of benzene rings is 1. The molecule has 3 rings (SSSR count). The lowest BCUT2D eigenvalue weighted by molar-refractivity contribution is 0.0988. The van der Waals surface area contributed by atoms with Crippen LogP contribution in [0.5, 0.6) is 0 Å². The first-order chi connectivity index (χ1) is 11.6. The number of aliphatic hydroxyl groups excluding tert-OH is 1. The SMILES string of the molecule is CN(C(=O)c1cccc(Br)n1)c1ccc2nc(NCCO)sc2c1. The maximum atomic E-state index is 12.6. The summed E-state index contributed by atoms with van der Waals surface area (Å²) in [7, 11) is 1.72.